The van der Waals surface area contributed by atoms with Gasteiger partial charge in [0.25, 0.3) is 0 Å². The number of hydrogen-bond donors (Lipinski definition) is 0. The first-order valence-corrected chi connectivity index (χ1v) is 10.7. The lowest BCUT2D eigenvalue weighted by Gasteiger charge is -2.39. The Balaban J connectivity index is 2.90. The molecule has 34 heavy (non-hydrogen) atoms. The highest BCUT2D eigenvalue weighted by Gasteiger charge is 2.72. The summed E-state index contributed by atoms with van der Waals surface area (Å²) in [6.45, 7) is 8.54. The maximum Gasteiger partial charge on any atom is 0.411 e. The molecule has 0 heterocycles. The molecule has 10 heteroatoms. The van der Waals surface area contributed by atoms with Gasteiger partial charge in [0, 0.05) is 0 Å². The quantitative estimate of drug-likeness (QED) is 0.117. The lowest BCUT2D eigenvalue weighted by Crippen LogP contribution is -2.54. The van der Waals surface area contributed by atoms with E-state index in [-0.39, 0.29) is 29.7 Å². The molecule has 0 radical (unpaired) electrons. The second-order valence-electron chi connectivity index (χ2n) is 7.42. The van der Waals surface area contributed by atoms with Crippen molar-refractivity contribution in [2.75, 3.05) is 0 Å². The minimum Gasteiger partial charge on any atom is -0.424 e. The summed E-state index contributed by atoms with van der Waals surface area (Å²) in [6, 6.07) is 5.10. The summed E-state index contributed by atoms with van der Waals surface area (Å²) in [6.07, 6.45) is -9.01. The van der Waals surface area contributed by atoms with E-state index in [4.69, 9.17) is 27.9 Å². The second-order valence-corrected chi connectivity index (χ2v) is 8.51. The number of alkyl halides is 8. The molecule has 2 rings (SSSR count). The fourth-order valence-corrected chi connectivity index (χ4v) is 3.73. The molecule has 0 saturated heterocycles. The molecule has 0 N–H and O–H groups in total. The molecular weight excluding hydrogens is 505 g/mol. The molecule has 0 spiro atoms. The summed E-state index contributed by atoms with van der Waals surface area (Å²) in [5.41, 5.74) is -5.78. The largest absolute Gasteiger partial charge is 0.424 e. The summed E-state index contributed by atoms with van der Waals surface area (Å²) in [4.78, 5) is 10.1. The molecule has 2 aromatic rings. The zero-order chi connectivity index (χ0) is 25.9. The van der Waals surface area contributed by atoms with Gasteiger partial charge in [-0.05, 0) is 53.6 Å². The predicted octanol–water partition coefficient (Wildman–Crippen LogP) is 7.57. The molecule has 0 aliphatic heterocycles. The van der Waals surface area contributed by atoms with Gasteiger partial charge >= 0.3 is 18.3 Å². The molecule has 0 amide bonds. The summed E-state index contributed by atoms with van der Waals surface area (Å²) in [7, 11) is 0. The fourth-order valence-electron chi connectivity index (χ4n) is 3.64. The third kappa shape index (κ3) is 5.28. The van der Waals surface area contributed by atoms with Gasteiger partial charge in [-0.2, -0.15) is 26.3 Å². The molecule has 184 valence electrons. The first-order chi connectivity index (χ1) is 15.7. The molecule has 0 atom stereocenters. The number of esters is 1. The van der Waals surface area contributed by atoms with E-state index in [0.29, 0.717) is 17.7 Å². The van der Waals surface area contributed by atoms with Crippen LogP contribution in [0.3, 0.4) is 0 Å². The minimum absolute atomic E-state index is 0.0834. The van der Waals surface area contributed by atoms with E-state index in [1.54, 1.807) is 6.92 Å². The SMILES string of the molecule is C=CCc1cc(C(c2ccc(OC(=O)C(Cl)Cl)c(CC=C)c2)(C(F)(F)F)C(F)(F)F)ccc1C. The highest BCUT2D eigenvalue weighted by molar-refractivity contribution is 6.53. The van der Waals surface area contributed by atoms with Crippen molar-refractivity contribution in [2.24, 2.45) is 0 Å². The van der Waals surface area contributed by atoms with Crippen molar-refractivity contribution in [3.63, 3.8) is 0 Å². The van der Waals surface area contributed by atoms with Crippen LogP contribution < -0.4 is 4.74 Å². The van der Waals surface area contributed by atoms with Crippen LogP contribution in [-0.4, -0.2) is 23.2 Å². The molecule has 2 aromatic carbocycles. The highest BCUT2D eigenvalue weighted by Crippen LogP contribution is 2.56. The summed E-state index contributed by atoms with van der Waals surface area (Å²) >= 11 is 10.9. The van der Waals surface area contributed by atoms with E-state index in [1.165, 1.54) is 18.2 Å². The minimum atomic E-state index is -5.77. The topological polar surface area (TPSA) is 26.3 Å². The first kappa shape index (κ1) is 27.8. The number of ether oxygens (including phenoxy) is 1. The van der Waals surface area contributed by atoms with E-state index < -0.39 is 39.7 Å². The summed E-state index contributed by atoms with van der Waals surface area (Å²) in [5.74, 6) is -1.42. The average Bonchev–Trinajstić information content (AvgIpc) is 2.70. The molecule has 0 aliphatic carbocycles. The number of halogens is 8. The number of carbonyl (C=O) groups excluding carboxylic acids is 1. The van der Waals surface area contributed by atoms with Crippen LogP contribution in [0.4, 0.5) is 26.3 Å². The third-order valence-corrected chi connectivity index (χ3v) is 5.60. The molecule has 0 unspecified atom stereocenters. The van der Waals surface area contributed by atoms with Crippen LogP contribution in [0.25, 0.3) is 0 Å². The van der Waals surface area contributed by atoms with Gasteiger partial charge in [-0.25, -0.2) is 4.79 Å². The van der Waals surface area contributed by atoms with E-state index in [9.17, 15) is 31.1 Å². The molecule has 0 fully saturated rings. The van der Waals surface area contributed by atoms with E-state index >= 15 is 0 Å². The van der Waals surface area contributed by atoms with Crippen LogP contribution in [-0.2, 0) is 23.1 Å². The Bertz CT molecular complexity index is 1060. The molecule has 0 saturated carbocycles. The van der Waals surface area contributed by atoms with Gasteiger partial charge in [0.1, 0.15) is 5.75 Å². The fraction of sp³-hybridized carbons (Fsp3) is 0.292. The summed E-state index contributed by atoms with van der Waals surface area (Å²) < 4.78 is 92.0. The van der Waals surface area contributed by atoms with Gasteiger partial charge in [-0.1, -0.05) is 65.7 Å². The number of hydrogen-bond acceptors (Lipinski definition) is 2. The lowest BCUT2D eigenvalue weighted by molar-refractivity contribution is -0.288. The van der Waals surface area contributed by atoms with Crippen molar-refractivity contribution < 1.29 is 35.9 Å². The van der Waals surface area contributed by atoms with Crippen LogP contribution in [0.15, 0.2) is 61.7 Å². The van der Waals surface area contributed by atoms with Crippen molar-refractivity contribution in [3.8, 4) is 5.75 Å². The Kier molecular flexibility index (Phi) is 8.53. The van der Waals surface area contributed by atoms with Crippen molar-refractivity contribution in [1.29, 1.82) is 0 Å². The predicted molar refractivity (Wildman–Crippen MR) is 119 cm³/mol. The van der Waals surface area contributed by atoms with Crippen LogP contribution in [0.5, 0.6) is 5.75 Å². The Morgan fingerprint density at radius 2 is 1.38 bits per heavy atom. The Morgan fingerprint density at radius 3 is 1.85 bits per heavy atom. The zero-order valence-electron chi connectivity index (χ0n) is 17.9. The first-order valence-electron chi connectivity index (χ1n) is 9.79. The van der Waals surface area contributed by atoms with Gasteiger partial charge in [0.2, 0.25) is 10.3 Å². The van der Waals surface area contributed by atoms with Crippen LogP contribution >= 0.6 is 23.2 Å². The monoisotopic (exact) mass is 524 g/mol. The second kappa shape index (κ2) is 10.4. The van der Waals surface area contributed by atoms with Crippen LogP contribution in [0.1, 0.15) is 27.8 Å². The number of benzene rings is 2. The van der Waals surface area contributed by atoms with Gasteiger partial charge in [0.05, 0.1) is 0 Å². The Labute approximate surface area is 202 Å². The Hall–Kier alpha value is -2.45. The van der Waals surface area contributed by atoms with Crippen molar-refractivity contribution in [3.05, 3.63) is 89.5 Å². The Morgan fingerprint density at radius 1 is 0.912 bits per heavy atom. The maximum atomic E-state index is 14.5. The van der Waals surface area contributed by atoms with Gasteiger partial charge in [-0.3, -0.25) is 0 Å². The molecule has 2 nitrogen and oxygen atoms in total. The number of carbonyl (C=O) groups is 1. The third-order valence-electron chi connectivity index (χ3n) is 5.24. The van der Waals surface area contributed by atoms with Crippen LogP contribution in [0, 0.1) is 6.92 Å². The maximum absolute atomic E-state index is 14.5. The number of rotatable bonds is 8. The average molecular weight is 525 g/mol. The molecule has 0 bridgehead atoms. The van der Waals surface area contributed by atoms with E-state index in [0.717, 1.165) is 18.2 Å². The highest BCUT2D eigenvalue weighted by atomic mass is 35.5. The van der Waals surface area contributed by atoms with Gasteiger partial charge in [-0.15, -0.1) is 13.2 Å². The van der Waals surface area contributed by atoms with E-state index in [1.807, 2.05) is 0 Å². The number of allylic oxidation sites excluding steroid dienone is 2. The van der Waals surface area contributed by atoms with Crippen molar-refractivity contribution in [1.82, 2.24) is 0 Å². The lowest BCUT2D eigenvalue weighted by atomic mass is 9.71. The van der Waals surface area contributed by atoms with Crippen molar-refractivity contribution in [2.45, 2.75) is 42.4 Å². The number of aryl methyl sites for hydroxylation is 1. The van der Waals surface area contributed by atoms with Crippen LogP contribution in [0.2, 0.25) is 0 Å². The van der Waals surface area contributed by atoms with Gasteiger partial charge in [0.15, 0.2) is 0 Å². The van der Waals surface area contributed by atoms with Crippen molar-refractivity contribution >= 4 is 29.2 Å². The van der Waals surface area contributed by atoms with E-state index in [2.05, 4.69) is 13.2 Å². The standard InChI is InChI=1S/C24H20Cl2F6O2/c1-4-6-15-12-17(9-8-14(15)3)22(23(27,28)29,24(30,31)32)18-10-11-19(16(13-18)7-5-2)34-21(33)20(25)26/h4-5,8-13,20H,1-2,6-7H2,3H3. The summed E-state index contributed by atoms with van der Waals surface area (Å²) in [5, 5.41) is 0. The normalized spacial score (nSPS) is 12.5. The molecule has 0 aromatic heterocycles. The van der Waals surface area contributed by atoms with Gasteiger partial charge < -0.3 is 4.74 Å². The molecule has 0 aliphatic rings. The molecular formula is C24H20Cl2F6O2. The zero-order valence-corrected chi connectivity index (χ0v) is 19.4. The smallest absolute Gasteiger partial charge is 0.411 e.